The Morgan fingerprint density at radius 2 is 2.00 bits per heavy atom. The Hall–Kier alpha value is -0.620. The molecule has 5 nitrogen and oxygen atoms in total. The van der Waals surface area contributed by atoms with E-state index in [1.165, 1.54) is 4.90 Å². The van der Waals surface area contributed by atoms with Crippen molar-refractivity contribution in [3.05, 3.63) is 0 Å². The summed E-state index contributed by atoms with van der Waals surface area (Å²) in [5.41, 5.74) is 0. The van der Waals surface area contributed by atoms with E-state index in [-0.39, 0.29) is 24.7 Å². The second-order valence-corrected chi connectivity index (χ2v) is 5.69. The van der Waals surface area contributed by atoms with Gasteiger partial charge in [0.15, 0.2) is 0 Å². The summed E-state index contributed by atoms with van der Waals surface area (Å²) in [4.78, 5) is 13.0. The van der Waals surface area contributed by atoms with Crippen LogP contribution in [0.5, 0.6) is 0 Å². The monoisotopic (exact) mass is 237 g/mol. The number of hydrogen-bond donors (Lipinski definition) is 1. The normalized spacial score (nSPS) is 11.4. The largest absolute Gasteiger partial charge is 0.395 e. The zero-order valence-electron chi connectivity index (χ0n) is 9.27. The van der Waals surface area contributed by atoms with E-state index in [0.717, 1.165) is 6.26 Å². The van der Waals surface area contributed by atoms with Gasteiger partial charge in [-0.05, 0) is 13.3 Å². The van der Waals surface area contributed by atoms with Gasteiger partial charge in [-0.15, -0.1) is 0 Å². The number of hydrogen-bond acceptors (Lipinski definition) is 4. The van der Waals surface area contributed by atoms with E-state index in [2.05, 4.69) is 0 Å². The maximum atomic E-state index is 11.5. The molecule has 0 aliphatic heterocycles. The predicted octanol–water partition coefficient (Wildman–Crippen LogP) is -0.348. The highest BCUT2D eigenvalue weighted by Crippen LogP contribution is 2.00. The minimum Gasteiger partial charge on any atom is -0.395 e. The minimum absolute atomic E-state index is 0.0371. The molecule has 0 saturated heterocycles. The Morgan fingerprint density at radius 1 is 1.40 bits per heavy atom. The second kappa shape index (κ2) is 6.79. The highest BCUT2D eigenvalue weighted by atomic mass is 32.2. The van der Waals surface area contributed by atoms with Crippen LogP contribution in [0.25, 0.3) is 0 Å². The summed E-state index contributed by atoms with van der Waals surface area (Å²) >= 11 is 0. The van der Waals surface area contributed by atoms with E-state index < -0.39 is 9.84 Å². The first-order chi connectivity index (χ1) is 6.90. The second-order valence-electron chi connectivity index (χ2n) is 3.43. The van der Waals surface area contributed by atoms with Crippen LogP contribution in [0.15, 0.2) is 0 Å². The van der Waals surface area contributed by atoms with Gasteiger partial charge in [-0.1, -0.05) is 0 Å². The minimum atomic E-state index is -2.98. The van der Waals surface area contributed by atoms with Crippen molar-refractivity contribution in [2.24, 2.45) is 0 Å². The average Bonchev–Trinajstić information content (AvgIpc) is 2.11. The van der Waals surface area contributed by atoms with Gasteiger partial charge in [0.2, 0.25) is 5.91 Å². The fourth-order valence-corrected chi connectivity index (χ4v) is 1.89. The van der Waals surface area contributed by atoms with Crippen LogP contribution in [0.2, 0.25) is 0 Å². The third-order valence-corrected chi connectivity index (χ3v) is 3.04. The number of nitrogens with zero attached hydrogens (tertiary/aromatic N) is 1. The highest BCUT2D eigenvalue weighted by Gasteiger charge is 2.11. The lowest BCUT2D eigenvalue weighted by Gasteiger charge is -2.19. The Bertz CT molecular complexity index is 286. The van der Waals surface area contributed by atoms with Crippen molar-refractivity contribution in [2.75, 3.05) is 31.7 Å². The van der Waals surface area contributed by atoms with Gasteiger partial charge in [-0.3, -0.25) is 4.79 Å². The van der Waals surface area contributed by atoms with E-state index in [0.29, 0.717) is 19.5 Å². The van der Waals surface area contributed by atoms with Crippen molar-refractivity contribution < 1.29 is 18.3 Å². The summed E-state index contributed by atoms with van der Waals surface area (Å²) in [5.74, 6) is -0.0645. The molecular weight excluding hydrogens is 218 g/mol. The Balaban J connectivity index is 3.91. The van der Waals surface area contributed by atoms with Gasteiger partial charge in [-0.25, -0.2) is 8.42 Å². The molecule has 0 spiro atoms. The molecule has 0 heterocycles. The van der Waals surface area contributed by atoms with Crippen LogP contribution in [-0.4, -0.2) is 56.0 Å². The van der Waals surface area contributed by atoms with Gasteiger partial charge in [-0.2, -0.15) is 0 Å². The number of amides is 1. The molecule has 0 aliphatic carbocycles. The van der Waals surface area contributed by atoms with Gasteiger partial charge in [0.1, 0.15) is 9.84 Å². The molecule has 0 radical (unpaired) electrons. The third kappa shape index (κ3) is 7.33. The topological polar surface area (TPSA) is 74.7 Å². The fourth-order valence-electron chi connectivity index (χ4n) is 1.22. The molecule has 0 aromatic rings. The van der Waals surface area contributed by atoms with Gasteiger partial charge in [0.05, 0.1) is 12.4 Å². The van der Waals surface area contributed by atoms with Crippen LogP contribution in [0.1, 0.15) is 19.8 Å². The fraction of sp³-hybridized carbons (Fsp3) is 0.889. The molecular formula is C9H19NO4S. The summed E-state index contributed by atoms with van der Waals surface area (Å²) in [6.45, 7) is 2.61. The first kappa shape index (κ1) is 14.4. The van der Waals surface area contributed by atoms with Crippen LogP contribution in [-0.2, 0) is 14.6 Å². The van der Waals surface area contributed by atoms with E-state index in [9.17, 15) is 13.2 Å². The number of aliphatic hydroxyl groups excluding tert-OH is 1. The van der Waals surface area contributed by atoms with Crippen LogP contribution in [0, 0.1) is 0 Å². The van der Waals surface area contributed by atoms with E-state index in [4.69, 9.17) is 5.11 Å². The van der Waals surface area contributed by atoms with E-state index >= 15 is 0 Å². The molecule has 6 heteroatoms. The lowest BCUT2D eigenvalue weighted by Crippen LogP contribution is -2.33. The Kier molecular flexibility index (Phi) is 6.51. The van der Waals surface area contributed by atoms with Crippen molar-refractivity contribution in [3.63, 3.8) is 0 Å². The van der Waals surface area contributed by atoms with Crippen LogP contribution < -0.4 is 0 Å². The summed E-state index contributed by atoms with van der Waals surface area (Å²) in [6.07, 6.45) is 1.73. The number of likely N-dealkylation sites (N-methyl/N-ethyl adjacent to an activating group) is 1. The van der Waals surface area contributed by atoms with Gasteiger partial charge >= 0.3 is 0 Å². The van der Waals surface area contributed by atoms with Crippen molar-refractivity contribution in [2.45, 2.75) is 19.8 Å². The average molecular weight is 237 g/mol. The van der Waals surface area contributed by atoms with Crippen LogP contribution in [0.4, 0.5) is 0 Å². The molecule has 1 amide bonds. The lowest BCUT2D eigenvalue weighted by atomic mass is 10.3. The molecule has 15 heavy (non-hydrogen) atoms. The SMILES string of the molecule is CCN(CCO)C(=O)CCCS(C)(=O)=O. The smallest absolute Gasteiger partial charge is 0.222 e. The van der Waals surface area contributed by atoms with E-state index in [1.54, 1.807) is 0 Å². The number of rotatable bonds is 7. The third-order valence-electron chi connectivity index (χ3n) is 2.01. The molecule has 0 aromatic heterocycles. The number of sulfone groups is 1. The molecule has 90 valence electrons. The predicted molar refractivity (Wildman–Crippen MR) is 58.3 cm³/mol. The quantitative estimate of drug-likeness (QED) is 0.657. The first-order valence-electron chi connectivity index (χ1n) is 4.97. The summed E-state index contributed by atoms with van der Waals surface area (Å²) in [6, 6.07) is 0. The van der Waals surface area contributed by atoms with Crippen molar-refractivity contribution in [1.82, 2.24) is 4.90 Å². The molecule has 0 bridgehead atoms. The molecule has 0 unspecified atom stereocenters. The standard InChI is InChI=1S/C9H19NO4S/c1-3-10(6-7-11)9(12)5-4-8-15(2,13)14/h11H,3-8H2,1-2H3. The first-order valence-corrected chi connectivity index (χ1v) is 7.03. The maximum absolute atomic E-state index is 11.5. The summed E-state index contributed by atoms with van der Waals surface area (Å²) in [7, 11) is -2.98. The Morgan fingerprint density at radius 3 is 2.40 bits per heavy atom. The number of aliphatic hydroxyl groups is 1. The van der Waals surface area contributed by atoms with Crippen molar-refractivity contribution in [3.8, 4) is 0 Å². The molecule has 0 fully saturated rings. The van der Waals surface area contributed by atoms with Gasteiger partial charge in [0, 0.05) is 25.8 Å². The van der Waals surface area contributed by atoms with E-state index in [1.807, 2.05) is 6.92 Å². The van der Waals surface area contributed by atoms with Crippen LogP contribution in [0.3, 0.4) is 0 Å². The summed E-state index contributed by atoms with van der Waals surface area (Å²) < 4.78 is 21.6. The molecule has 0 rings (SSSR count). The zero-order valence-corrected chi connectivity index (χ0v) is 10.1. The lowest BCUT2D eigenvalue weighted by molar-refractivity contribution is -0.131. The molecule has 0 aliphatic rings. The highest BCUT2D eigenvalue weighted by molar-refractivity contribution is 7.90. The maximum Gasteiger partial charge on any atom is 0.222 e. The van der Waals surface area contributed by atoms with Gasteiger partial charge < -0.3 is 10.0 Å². The zero-order chi connectivity index (χ0) is 11.9. The molecule has 0 atom stereocenters. The number of carbonyl (C=O) groups is 1. The van der Waals surface area contributed by atoms with Crippen LogP contribution >= 0.6 is 0 Å². The Labute approximate surface area is 91.0 Å². The van der Waals surface area contributed by atoms with Crippen molar-refractivity contribution >= 4 is 15.7 Å². The van der Waals surface area contributed by atoms with Gasteiger partial charge in [0.25, 0.3) is 0 Å². The number of carbonyl (C=O) groups excluding carboxylic acids is 1. The van der Waals surface area contributed by atoms with Crippen molar-refractivity contribution in [1.29, 1.82) is 0 Å². The molecule has 0 aromatic carbocycles. The molecule has 0 saturated carbocycles. The summed E-state index contributed by atoms with van der Waals surface area (Å²) in [5, 5.41) is 8.68. The molecule has 1 N–H and O–H groups in total.